The third kappa shape index (κ3) is 4.91. The number of nitrogens with zero attached hydrogens (tertiary/aromatic N) is 2. The molecule has 0 unspecified atom stereocenters. The first-order chi connectivity index (χ1) is 19.6. The zero-order chi connectivity index (χ0) is 29.4. The lowest BCUT2D eigenvalue weighted by Crippen LogP contribution is -2.38. The zero-order valence-electron chi connectivity index (χ0n) is 22.5. The number of benzene rings is 2. The van der Waals surface area contributed by atoms with Gasteiger partial charge in [0.1, 0.15) is 16.6 Å². The molecule has 1 aliphatic rings. The minimum Gasteiger partial charge on any atom is -0.465 e. The van der Waals surface area contributed by atoms with Crippen molar-refractivity contribution in [3.8, 4) is 5.88 Å². The number of esters is 3. The van der Waals surface area contributed by atoms with Gasteiger partial charge in [0.2, 0.25) is 11.4 Å². The van der Waals surface area contributed by atoms with E-state index in [0.29, 0.717) is 22.3 Å². The number of nitrogens with two attached hydrogens (primary N) is 1. The van der Waals surface area contributed by atoms with E-state index in [9.17, 15) is 19.2 Å². The molecule has 0 bridgehead atoms. The summed E-state index contributed by atoms with van der Waals surface area (Å²) in [5, 5.41) is 0.0116. The Morgan fingerprint density at radius 2 is 1.51 bits per heavy atom. The minimum atomic E-state index is -0.915. The molecule has 4 aromatic rings. The van der Waals surface area contributed by atoms with Gasteiger partial charge in [0.05, 0.1) is 37.4 Å². The number of carbonyl (C=O) groups excluding carboxylic acids is 3. The molecule has 0 aliphatic carbocycles. The van der Waals surface area contributed by atoms with Crippen LogP contribution in [0.4, 0.5) is 6.01 Å². The van der Waals surface area contributed by atoms with E-state index < -0.39 is 35.6 Å². The van der Waals surface area contributed by atoms with Gasteiger partial charge >= 0.3 is 23.5 Å². The van der Waals surface area contributed by atoms with Crippen molar-refractivity contribution < 1.29 is 37.4 Å². The van der Waals surface area contributed by atoms with Crippen LogP contribution in [0.15, 0.2) is 62.2 Å². The SMILES string of the molecule is COC(=O)c1ccc(/C=c2\c(=O)oc3n2-c2oc(N)nc2[C@H](c2ccc(C(=O)OC)cc2)C=3C(=O)OC(C)C)cc1. The molecule has 1 aliphatic heterocycles. The van der Waals surface area contributed by atoms with Crippen LogP contribution in [0.25, 0.3) is 17.5 Å². The number of hydrogen-bond acceptors (Lipinski definition) is 11. The van der Waals surface area contributed by atoms with Gasteiger partial charge in [-0.1, -0.05) is 24.3 Å². The Morgan fingerprint density at radius 3 is 2.07 bits per heavy atom. The molecule has 2 aromatic heterocycles. The van der Waals surface area contributed by atoms with Crippen LogP contribution >= 0.6 is 0 Å². The monoisotopic (exact) mass is 559 g/mol. The zero-order valence-corrected chi connectivity index (χ0v) is 22.5. The highest BCUT2D eigenvalue weighted by Gasteiger charge is 2.40. The van der Waals surface area contributed by atoms with Crippen LogP contribution in [0.5, 0.6) is 0 Å². The van der Waals surface area contributed by atoms with Crippen molar-refractivity contribution in [2.45, 2.75) is 25.9 Å². The first-order valence-electron chi connectivity index (χ1n) is 12.4. The number of nitrogen functional groups attached to an aromatic ring is 1. The molecular weight excluding hydrogens is 534 g/mol. The number of methoxy groups -OCH3 is 2. The number of hydrogen-bond donors (Lipinski definition) is 1. The number of rotatable bonds is 6. The van der Waals surface area contributed by atoms with Crippen LogP contribution in [0.3, 0.4) is 0 Å². The first-order valence-corrected chi connectivity index (χ1v) is 12.4. The standard InChI is InChI=1S/C29H25N3O9/c1-14(2)39-28(36)21-20(16-9-11-18(12-10-16)26(34)38-4)22-24(41-29(30)31-22)32-19(27(35)40-23(21)32)13-15-5-7-17(8-6-15)25(33)37-3/h5-14,20H,1-4H3,(H2,30,31)/b19-13+/t20-/m1/s1. The van der Waals surface area contributed by atoms with Crippen molar-refractivity contribution in [1.82, 2.24) is 9.55 Å². The Morgan fingerprint density at radius 1 is 0.927 bits per heavy atom. The summed E-state index contributed by atoms with van der Waals surface area (Å²) in [5.41, 5.74) is 7.00. The smallest absolute Gasteiger partial charge is 0.362 e. The Labute approximate surface area is 232 Å². The third-order valence-electron chi connectivity index (χ3n) is 6.35. The summed E-state index contributed by atoms with van der Waals surface area (Å²) in [7, 11) is 2.55. The van der Waals surface area contributed by atoms with E-state index in [0.717, 1.165) is 0 Å². The molecule has 0 fully saturated rings. The normalized spacial score (nSPS) is 14.4. The highest BCUT2D eigenvalue weighted by atomic mass is 16.5. The maximum atomic E-state index is 13.5. The molecule has 12 nitrogen and oxygen atoms in total. The number of aromatic nitrogens is 2. The molecule has 0 spiro atoms. The van der Waals surface area contributed by atoms with Crippen molar-refractivity contribution in [3.05, 3.63) is 97.8 Å². The summed E-state index contributed by atoms with van der Waals surface area (Å²) >= 11 is 0. The molecule has 0 saturated heterocycles. The highest BCUT2D eigenvalue weighted by Crippen LogP contribution is 2.38. The molecular formula is C29H25N3O9. The van der Waals surface area contributed by atoms with Crippen LogP contribution in [0.1, 0.15) is 57.3 Å². The van der Waals surface area contributed by atoms with Crippen LogP contribution in [0.2, 0.25) is 0 Å². The molecule has 12 heteroatoms. The van der Waals surface area contributed by atoms with Crippen molar-refractivity contribution in [2.75, 3.05) is 20.0 Å². The second-order valence-electron chi connectivity index (χ2n) is 9.33. The first kappa shape index (κ1) is 27.2. The Balaban J connectivity index is 1.78. The Kier molecular flexibility index (Phi) is 7.06. The molecule has 210 valence electrons. The lowest BCUT2D eigenvalue weighted by molar-refractivity contribution is -0.140. The molecule has 2 aromatic carbocycles. The number of ether oxygens (including phenoxy) is 3. The maximum Gasteiger partial charge on any atom is 0.362 e. The molecule has 3 heterocycles. The summed E-state index contributed by atoms with van der Waals surface area (Å²) in [5.74, 6) is -2.63. The lowest BCUT2D eigenvalue weighted by atomic mass is 9.86. The van der Waals surface area contributed by atoms with Gasteiger partial charge in [-0.15, -0.1) is 0 Å². The molecule has 41 heavy (non-hydrogen) atoms. The topological polar surface area (TPSA) is 166 Å². The van der Waals surface area contributed by atoms with E-state index >= 15 is 0 Å². The molecule has 5 rings (SSSR count). The van der Waals surface area contributed by atoms with Crippen molar-refractivity contribution in [3.63, 3.8) is 0 Å². The van der Waals surface area contributed by atoms with Gasteiger partial charge in [0.25, 0.3) is 6.01 Å². The molecule has 0 radical (unpaired) electrons. The van der Waals surface area contributed by atoms with E-state index in [4.69, 9.17) is 28.8 Å². The summed E-state index contributed by atoms with van der Waals surface area (Å²) in [6.45, 7) is 3.38. The average Bonchev–Trinajstić information content (AvgIpc) is 3.50. The van der Waals surface area contributed by atoms with Crippen LogP contribution in [0, 0.1) is 0 Å². The fourth-order valence-electron chi connectivity index (χ4n) is 4.56. The lowest BCUT2D eigenvalue weighted by Gasteiger charge is -2.22. The number of anilines is 1. The molecule has 0 amide bonds. The van der Waals surface area contributed by atoms with Gasteiger partial charge in [-0.05, 0) is 55.3 Å². The Bertz CT molecular complexity index is 1840. The number of carbonyl (C=O) groups is 3. The van der Waals surface area contributed by atoms with Gasteiger partial charge < -0.3 is 28.8 Å². The van der Waals surface area contributed by atoms with E-state index in [1.807, 2.05) is 0 Å². The average molecular weight is 560 g/mol. The predicted molar refractivity (Wildman–Crippen MR) is 144 cm³/mol. The van der Waals surface area contributed by atoms with Gasteiger partial charge in [-0.25, -0.2) is 23.7 Å². The fraction of sp³-hybridized carbons (Fsp3) is 0.207. The summed E-state index contributed by atoms with van der Waals surface area (Å²) in [6, 6.07) is 12.5. The third-order valence-corrected chi connectivity index (χ3v) is 6.35. The summed E-state index contributed by atoms with van der Waals surface area (Å²) in [4.78, 5) is 54.9. The summed E-state index contributed by atoms with van der Waals surface area (Å²) in [6.07, 6.45) is 1.02. The van der Waals surface area contributed by atoms with Crippen LogP contribution in [-0.2, 0) is 19.0 Å². The number of fused-ring (bicyclic) bond motifs is 3. The quantitative estimate of drug-likeness (QED) is 0.270. The summed E-state index contributed by atoms with van der Waals surface area (Å²) < 4.78 is 27.8. The van der Waals surface area contributed by atoms with Crippen molar-refractivity contribution in [2.24, 2.45) is 0 Å². The van der Waals surface area contributed by atoms with Gasteiger partial charge in [0.15, 0.2) is 0 Å². The van der Waals surface area contributed by atoms with Crippen LogP contribution in [-0.4, -0.2) is 47.8 Å². The van der Waals surface area contributed by atoms with Crippen molar-refractivity contribution >= 4 is 35.6 Å². The second-order valence-corrected chi connectivity index (χ2v) is 9.33. The van der Waals surface area contributed by atoms with Crippen LogP contribution < -0.4 is 22.3 Å². The van der Waals surface area contributed by atoms with Gasteiger partial charge in [-0.3, -0.25) is 0 Å². The van der Waals surface area contributed by atoms with Crippen molar-refractivity contribution in [1.29, 1.82) is 0 Å². The molecule has 2 N–H and O–H groups in total. The molecule has 0 saturated carbocycles. The maximum absolute atomic E-state index is 13.5. The van der Waals surface area contributed by atoms with E-state index in [-0.39, 0.29) is 34.1 Å². The highest BCUT2D eigenvalue weighted by molar-refractivity contribution is 6.13. The largest absolute Gasteiger partial charge is 0.465 e. The molecule has 1 atom stereocenters. The predicted octanol–water partition coefficient (Wildman–Crippen LogP) is 1.65. The fourth-order valence-corrected chi connectivity index (χ4v) is 4.56. The van der Waals surface area contributed by atoms with Gasteiger partial charge in [-0.2, -0.15) is 4.98 Å². The second kappa shape index (κ2) is 10.6. The minimum absolute atomic E-state index is 0.0110. The van der Waals surface area contributed by atoms with E-state index in [1.54, 1.807) is 50.2 Å². The Hall–Kier alpha value is -5.39. The van der Waals surface area contributed by atoms with E-state index in [2.05, 4.69) is 4.98 Å². The van der Waals surface area contributed by atoms with Gasteiger partial charge in [0, 0.05) is 0 Å². The van der Waals surface area contributed by atoms with E-state index in [1.165, 1.54) is 37.0 Å². The number of oxazole rings is 2.